The van der Waals surface area contributed by atoms with Crippen LogP contribution >= 0.6 is 0 Å². The van der Waals surface area contributed by atoms with Gasteiger partial charge in [-0.25, -0.2) is 4.79 Å². The third kappa shape index (κ3) is 3.42. The van der Waals surface area contributed by atoms with Crippen LogP contribution in [0, 0.1) is 11.3 Å². The number of hydrogen-bond donors (Lipinski definition) is 0. The predicted octanol–water partition coefficient (Wildman–Crippen LogP) is 3.51. The maximum Gasteiger partial charge on any atom is 0.410 e. The Balaban J connectivity index is 1.47. The van der Waals surface area contributed by atoms with E-state index in [-0.39, 0.29) is 11.7 Å². The lowest BCUT2D eigenvalue weighted by molar-refractivity contribution is -0.0323. The topological polar surface area (TPSA) is 32.8 Å². The lowest BCUT2D eigenvalue weighted by Gasteiger charge is -2.48. The summed E-state index contributed by atoms with van der Waals surface area (Å²) in [5.41, 5.74) is -0.0275. The van der Waals surface area contributed by atoms with E-state index in [1.54, 1.807) is 0 Å². The molecule has 3 aliphatic rings. The Morgan fingerprint density at radius 2 is 1.73 bits per heavy atom. The third-order valence-corrected chi connectivity index (χ3v) is 5.67. The van der Waals surface area contributed by atoms with Crippen LogP contribution in [0.4, 0.5) is 4.79 Å². The molecule has 126 valence electrons. The van der Waals surface area contributed by atoms with Crippen molar-refractivity contribution in [1.29, 1.82) is 0 Å². The Labute approximate surface area is 135 Å². The van der Waals surface area contributed by atoms with Gasteiger partial charge >= 0.3 is 6.09 Å². The Bertz CT molecular complexity index is 415. The van der Waals surface area contributed by atoms with Gasteiger partial charge in [0.15, 0.2) is 0 Å². The molecule has 4 nitrogen and oxygen atoms in total. The van der Waals surface area contributed by atoms with Crippen molar-refractivity contribution >= 4 is 6.09 Å². The smallest absolute Gasteiger partial charge is 0.410 e. The Morgan fingerprint density at radius 1 is 1.09 bits per heavy atom. The van der Waals surface area contributed by atoms with Crippen molar-refractivity contribution in [2.24, 2.45) is 11.3 Å². The second-order valence-electron chi connectivity index (χ2n) is 8.97. The predicted molar refractivity (Wildman–Crippen MR) is 87.9 cm³/mol. The second kappa shape index (κ2) is 5.70. The van der Waals surface area contributed by atoms with E-state index in [4.69, 9.17) is 4.74 Å². The number of nitrogens with zero attached hydrogens (tertiary/aromatic N) is 2. The molecule has 4 heteroatoms. The first-order valence-corrected chi connectivity index (χ1v) is 8.98. The minimum absolute atomic E-state index is 0.136. The summed E-state index contributed by atoms with van der Waals surface area (Å²) in [5.74, 6) is 0.916. The molecular weight excluding hydrogens is 276 g/mol. The average molecular weight is 308 g/mol. The fraction of sp³-hybridized carbons (Fsp3) is 0.944. The molecule has 1 saturated carbocycles. The highest BCUT2D eigenvalue weighted by Gasteiger charge is 2.51. The van der Waals surface area contributed by atoms with E-state index in [9.17, 15) is 4.79 Å². The number of hydrogen-bond acceptors (Lipinski definition) is 3. The molecule has 0 aromatic heterocycles. The van der Waals surface area contributed by atoms with Gasteiger partial charge in [0, 0.05) is 31.1 Å². The van der Waals surface area contributed by atoms with Crippen LogP contribution in [-0.4, -0.2) is 53.7 Å². The van der Waals surface area contributed by atoms with Crippen LogP contribution in [0.15, 0.2) is 0 Å². The molecule has 0 aromatic rings. The lowest BCUT2D eigenvalue weighted by atomic mass is 9.79. The largest absolute Gasteiger partial charge is 0.444 e. The molecule has 2 aliphatic heterocycles. The number of carbonyl (C=O) groups excluding carboxylic acids is 1. The zero-order chi connectivity index (χ0) is 16.0. The molecule has 3 fully saturated rings. The highest BCUT2D eigenvalue weighted by atomic mass is 16.6. The van der Waals surface area contributed by atoms with Crippen LogP contribution in [-0.2, 0) is 4.74 Å². The molecule has 0 unspecified atom stereocenters. The number of rotatable bonds is 1. The van der Waals surface area contributed by atoms with Gasteiger partial charge in [0.05, 0.1) is 0 Å². The van der Waals surface area contributed by atoms with Crippen molar-refractivity contribution in [3.8, 4) is 0 Å². The van der Waals surface area contributed by atoms with E-state index in [1.807, 2.05) is 25.7 Å². The summed E-state index contributed by atoms with van der Waals surface area (Å²) in [5, 5.41) is 0. The Kier molecular flexibility index (Phi) is 4.17. The van der Waals surface area contributed by atoms with Crippen molar-refractivity contribution in [3.63, 3.8) is 0 Å². The van der Waals surface area contributed by atoms with Gasteiger partial charge in [0.25, 0.3) is 0 Å². The Morgan fingerprint density at radius 3 is 2.32 bits per heavy atom. The van der Waals surface area contributed by atoms with Crippen molar-refractivity contribution < 1.29 is 9.53 Å². The Hall–Kier alpha value is -0.770. The highest BCUT2D eigenvalue weighted by Crippen LogP contribution is 2.42. The second-order valence-corrected chi connectivity index (χ2v) is 8.97. The van der Waals surface area contributed by atoms with Gasteiger partial charge in [-0.05, 0) is 65.3 Å². The van der Waals surface area contributed by atoms with Gasteiger partial charge < -0.3 is 9.64 Å². The summed E-state index contributed by atoms with van der Waals surface area (Å²) >= 11 is 0. The van der Waals surface area contributed by atoms with Gasteiger partial charge in [0.1, 0.15) is 5.60 Å². The van der Waals surface area contributed by atoms with E-state index >= 15 is 0 Å². The van der Waals surface area contributed by atoms with E-state index in [0.717, 1.165) is 25.0 Å². The SMILES string of the molecule is CC1CCC(N2CCC3(CN(C(=O)OC(C)(C)C)C3)C2)CC1. The summed E-state index contributed by atoms with van der Waals surface area (Å²) in [6.45, 7) is 12.4. The quantitative estimate of drug-likeness (QED) is 0.743. The molecule has 1 amide bonds. The van der Waals surface area contributed by atoms with Crippen molar-refractivity contribution in [1.82, 2.24) is 9.80 Å². The molecule has 0 aromatic carbocycles. The van der Waals surface area contributed by atoms with Crippen molar-refractivity contribution in [3.05, 3.63) is 0 Å². The summed E-state index contributed by atoms with van der Waals surface area (Å²) in [6, 6.07) is 0.797. The summed E-state index contributed by atoms with van der Waals surface area (Å²) in [4.78, 5) is 16.7. The molecule has 0 radical (unpaired) electrons. The number of likely N-dealkylation sites (tertiary alicyclic amines) is 2. The van der Waals surface area contributed by atoms with Gasteiger partial charge in [0.2, 0.25) is 0 Å². The zero-order valence-corrected chi connectivity index (χ0v) is 14.7. The number of carbonyl (C=O) groups is 1. The maximum atomic E-state index is 12.1. The first-order chi connectivity index (χ1) is 10.3. The van der Waals surface area contributed by atoms with Crippen LogP contribution in [0.1, 0.15) is 59.8 Å². The molecule has 1 spiro atoms. The summed E-state index contributed by atoms with van der Waals surface area (Å²) in [6.07, 6.45) is 6.62. The molecule has 1 aliphatic carbocycles. The fourth-order valence-corrected chi connectivity index (χ4v) is 4.37. The van der Waals surface area contributed by atoms with Crippen molar-refractivity contribution in [2.75, 3.05) is 26.2 Å². The van der Waals surface area contributed by atoms with Gasteiger partial charge in [-0.1, -0.05) is 6.92 Å². The lowest BCUT2D eigenvalue weighted by Crippen LogP contribution is -2.60. The molecule has 0 N–H and O–H groups in total. The molecule has 2 saturated heterocycles. The average Bonchev–Trinajstić information content (AvgIpc) is 2.81. The normalized spacial score (nSPS) is 32.1. The minimum atomic E-state index is -0.389. The standard InChI is InChI=1S/C18H32N2O2/c1-14-5-7-15(8-6-14)19-10-9-18(11-19)12-20(13-18)16(21)22-17(2,3)4/h14-15H,5-13H2,1-4H3. The molecule has 3 rings (SSSR count). The monoisotopic (exact) mass is 308 g/mol. The fourth-order valence-electron chi connectivity index (χ4n) is 4.37. The molecular formula is C18H32N2O2. The number of amides is 1. The first kappa shape index (κ1) is 16.1. The van der Waals surface area contributed by atoms with Gasteiger partial charge in [-0.2, -0.15) is 0 Å². The molecule has 22 heavy (non-hydrogen) atoms. The van der Waals surface area contributed by atoms with E-state index < -0.39 is 0 Å². The van der Waals surface area contributed by atoms with E-state index in [0.29, 0.717) is 5.41 Å². The highest BCUT2D eigenvalue weighted by molar-refractivity contribution is 5.69. The first-order valence-electron chi connectivity index (χ1n) is 8.98. The van der Waals surface area contributed by atoms with Crippen LogP contribution in [0.2, 0.25) is 0 Å². The third-order valence-electron chi connectivity index (χ3n) is 5.67. The van der Waals surface area contributed by atoms with Crippen molar-refractivity contribution in [2.45, 2.75) is 71.4 Å². The van der Waals surface area contributed by atoms with Gasteiger partial charge in [-0.15, -0.1) is 0 Å². The van der Waals surface area contributed by atoms with Crippen LogP contribution < -0.4 is 0 Å². The molecule has 0 atom stereocenters. The minimum Gasteiger partial charge on any atom is -0.444 e. The summed E-state index contributed by atoms with van der Waals surface area (Å²) < 4.78 is 5.47. The maximum absolute atomic E-state index is 12.1. The van der Waals surface area contributed by atoms with Crippen LogP contribution in [0.3, 0.4) is 0 Å². The summed E-state index contributed by atoms with van der Waals surface area (Å²) in [7, 11) is 0. The van der Waals surface area contributed by atoms with Crippen LogP contribution in [0.25, 0.3) is 0 Å². The zero-order valence-electron chi connectivity index (χ0n) is 14.7. The van der Waals surface area contributed by atoms with E-state index in [2.05, 4.69) is 11.8 Å². The number of ether oxygens (including phenoxy) is 1. The molecule has 0 bridgehead atoms. The van der Waals surface area contributed by atoms with E-state index in [1.165, 1.54) is 45.2 Å². The van der Waals surface area contributed by atoms with Crippen LogP contribution in [0.5, 0.6) is 0 Å². The van der Waals surface area contributed by atoms with Gasteiger partial charge in [-0.3, -0.25) is 4.90 Å². The molecule has 2 heterocycles.